The maximum atomic E-state index is 12.6. The van der Waals surface area contributed by atoms with Gasteiger partial charge in [-0.3, -0.25) is 9.78 Å². The lowest BCUT2D eigenvalue weighted by Gasteiger charge is -2.07. The van der Waals surface area contributed by atoms with Crippen molar-refractivity contribution in [2.45, 2.75) is 6.18 Å². The van der Waals surface area contributed by atoms with Gasteiger partial charge in [-0.25, -0.2) is 5.43 Å². The van der Waals surface area contributed by atoms with E-state index in [1.807, 2.05) is 0 Å². The molecule has 1 heterocycles. The Kier molecular flexibility index (Phi) is 5.75. The third-order valence-electron chi connectivity index (χ3n) is 3.78. The molecule has 0 unspecified atom stereocenters. The van der Waals surface area contributed by atoms with Crippen molar-refractivity contribution in [2.24, 2.45) is 5.10 Å². The molecule has 0 saturated carbocycles. The molecule has 0 aliphatic rings. The molecule has 3 rings (SSSR count). The Balaban J connectivity index is 1.63. The second-order valence-electron chi connectivity index (χ2n) is 5.76. The van der Waals surface area contributed by atoms with Crippen molar-refractivity contribution in [3.63, 3.8) is 0 Å². The Morgan fingerprint density at radius 1 is 1.00 bits per heavy atom. The minimum atomic E-state index is -4.41. The van der Waals surface area contributed by atoms with Gasteiger partial charge in [0.2, 0.25) is 0 Å². The lowest BCUT2D eigenvalue weighted by atomic mass is 10.1. The predicted octanol–water partition coefficient (Wildman–Crippen LogP) is 5.18. The number of carbonyl (C=O) groups is 1. The molecule has 3 aromatic rings. The van der Waals surface area contributed by atoms with E-state index in [1.54, 1.807) is 48.5 Å². The lowest BCUT2D eigenvalue weighted by molar-refractivity contribution is -0.137. The van der Waals surface area contributed by atoms with E-state index < -0.39 is 11.7 Å². The summed E-state index contributed by atoms with van der Waals surface area (Å²) in [5, 5.41) is 4.41. The summed E-state index contributed by atoms with van der Waals surface area (Å²) in [5.74, 6) is -0.376. The van der Waals surface area contributed by atoms with Gasteiger partial charge in [-0.2, -0.15) is 18.3 Å². The molecule has 0 bridgehead atoms. The maximum absolute atomic E-state index is 12.6. The molecular formula is C20H13ClF3N3O. The zero-order valence-corrected chi connectivity index (χ0v) is 15.0. The standard InChI is InChI=1S/C20H13ClF3N3O/c21-17-8-5-15(6-9-17)19(28)27-26-11-13-1-3-14(4-2-13)18-10-7-16(12-25-18)20(22,23)24/h1-12H,(H,27,28)/b26-11-. The van der Waals surface area contributed by atoms with Gasteiger partial charge in [0.05, 0.1) is 17.5 Å². The van der Waals surface area contributed by atoms with E-state index >= 15 is 0 Å². The molecule has 0 radical (unpaired) electrons. The third-order valence-corrected chi connectivity index (χ3v) is 4.04. The highest BCUT2D eigenvalue weighted by Gasteiger charge is 2.30. The van der Waals surface area contributed by atoms with Crippen molar-refractivity contribution < 1.29 is 18.0 Å². The number of pyridine rings is 1. The van der Waals surface area contributed by atoms with Crippen LogP contribution in [0.2, 0.25) is 5.02 Å². The highest BCUT2D eigenvalue weighted by molar-refractivity contribution is 6.30. The first kappa shape index (κ1) is 19.6. The monoisotopic (exact) mass is 403 g/mol. The number of nitrogens with zero attached hydrogens (tertiary/aromatic N) is 2. The molecule has 4 nitrogen and oxygen atoms in total. The van der Waals surface area contributed by atoms with E-state index in [1.165, 1.54) is 12.3 Å². The van der Waals surface area contributed by atoms with Gasteiger partial charge < -0.3 is 0 Å². The summed E-state index contributed by atoms with van der Waals surface area (Å²) in [4.78, 5) is 15.8. The Bertz CT molecular complexity index is 983. The lowest BCUT2D eigenvalue weighted by Crippen LogP contribution is -2.17. The molecule has 1 amide bonds. The molecule has 0 saturated heterocycles. The molecule has 1 aromatic heterocycles. The minimum absolute atomic E-state index is 0.376. The van der Waals surface area contributed by atoms with E-state index in [-0.39, 0.29) is 5.91 Å². The smallest absolute Gasteiger partial charge is 0.267 e. The fraction of sp³-hybridized carbons (Fsp3) is 0.0500. The van der Waals surface area contributed by atoms with E-state index in [0.29, 0.717) is 27.4 Å². The first-order valence-corrected chi connectivity index (χ1v) is 8.43. The number of alkyl halides is 3. The van der Waals surface area contributed by atoms with E-state index in [9.17, 15) is 18.0 Å². The summed E-state index contributed by atoms with van der Waals surface area (Å²) in [5.41, 5.74) is 3.82. The molecule has 142 valence electrons. The summed E-state index contributed by atoms with van der Waals surface area (Å²) in [6.45, 7) is 0. The van der Waals surface area contributed by atoms with Crippen molar-refractivity contribution in [3.8, 4) is 11.3 Å². The topological polar surface area (TPSA) is 54.4 Å². The number of hydrazone groups is 1. The first-order valence-electron chi connectivity index (χ1n) is 8.05. The quantitative estimate of drug-likeness (QED) is 0.481. The van der Waals surface area contributed by atoms with Crippen LogP contribution in [0.3, 0.4) is 0 Å². The molecule has 0 fully saturated rings. The van der Waals surface area contributed by atoms with Gasteiger partial charge in [-0.15, -0.1) is 0 Å². The largest absolute Gasteiger partial charge is 0.417 e. The average molecular weight is 404 g/mol. The van der Waals surface area contributed by atoms with Gasteiger partial charge in [0.1, 0.15) is 0 Å². The van der Waals surface area contributed by atoms with Crippen LogP contribution >= 0.6 is 11.6 Å². The zero-order chi connectivity index (χ0) is 20.1. The van der Waals surface area contributed by atoms with Crippen LogP contribution in [-0.4, -0.2) is 17.1 Å². The van der Waals surface area contributed by atoms with Gasteiger partial charge in [0.15, 0.2) is 0 Å². The molecule has 8 heteroatoms. The van der Waals surface area contributed by atoms with Crippen LogP contribution in [0.5, 0.6) is 0 Å². The van der Waals surface area contributed by atoms with Crippen molar-refractivity contribution in [1.82, 2.24) is 10.4 Å². The van der Waals surface area contributed by atoms with Crippen molar-refractivity contribution in [1.29, 1.82) is 0 Å². The maximum Gasteiger partial charge on any atom is 0.417 e. The molecule has 2 aromatic carbocycles. The summed E-state index contributed by atoms with van der Waals surface area (Å²) in [6, 6.07) is 15.5. The van der Waals surface area contributed by atoms with Crippen LogP contribution in [0, 0.1) is 0 Å². The van der Waals surface area contributed by atoms with Gasteiger partial charge in [0.25, 0.3) is 5.91 Å². The summed E-state index contributed by atoms with van der Waals surface area (Å²) in [7, 11) is 0. The Morgan fingerprint density at radius 2 is 1.68 bits per heavy atom. The number of rotatable bonds is 4. The van der Waals surface area contributed by atoms with E-state index in [0.717, 1.165) is 12.3 Å². The SMILES string of the molecule is O=C(N/N=C\c1ccc(-c2ccc(C(F)(F)F)cn2)cc1)c1ccc(Cl)cc1. The molecule has 1 N–H and O–H groups in total. The molecule has 0 aliphatic heterocycles. The van der Waals surface area contributed by atoms with Crippen LogP contribution < -0.4 is 5.43 Å². The van der Waals surface area contributed by atoms with E-state index in [2.05, 4.69) is 15.5 Å². The fourth-order valence-corrected chi connectivity index (χ4v) is 2.43. The Morgan fingerprint density at radius 3 is 2.25 bits per heavy atom. The van der Waals surface area contributed by atoms with Crippen molar-refractivity contribution in [2.75, 3.05) is 0 Å². The highest BCUT2D eigenvalue weighted by Crippen LogP contribution is 2.29. The normalized spacial score (nSPS) is 11.6. The number of carbonyl (C=O) groups excluding carboxylic acids is 1. The number of benzene rings is 2. The van der Waals surface area contributed by atoms with Gasteiger partial charge in [0, 0.05) is 22.3 Å². The summed E-state index contributed by atoms with van der Waals surface area (Å²) >= 11 is 5.77. The van der Waals surface area contributed by atoms with Crippen molar-refractivity contribution in [3.05, 3.63) is 88.6 Å². The third kappa shape index (κ3) is 4.95. The Hall–Kier alpha value is -3.19. The van der Waals surface area contributed by atoms with Crippen LogP contribution in [-0.2, 0) is 6.18 Å². The van der Waals surface area contributed by atoms with Crippen LogP contribution in [0.25, 0.3) is 11.3 Å². The number of hydrogen-bond donors (Lipinski definition) is 1. The molecule has 0 aliphatic carbocycles. The molecular weight excluding hydrogens is 391 g/mol. The fourth-order valence-electron chi connectivity index (χ4n) is 2.30. The zero-order valence-electron chi connectivity index (χ0n) is 14.2. The summed E-state index contributed by atoms with van der Waals surface area (Å²) < 4.78 is 37.8. The number of amides is 1. The Labute approximate surface area is 163 Å². The van der Waals surface area contributed by atoms with Crippen molar-refractivity contribution >= 4 is 23.7 Å². The van der Waals surface area contributed by atoms with E-state index in [4.69, 9.17) is 11.6 Å². The van der Waals surface area contributed by atoms with Gasteiger partial charge in [-0.05, 0) is 42.0 Å². The average Bonchev–Trinajstić information content (AvgIpc) is 2.68. The molecule has 0 atom stereocenters. The van der Waals surface area contributed by atoms with Gasteiger partial charge >= 0.3 is 6.18 Å². The predicted molar refractivity (Wildman–Crippen MR) is 101 cm³/mol. The molecule has 28 heavy (non-hydrogen) atoms. The number of nitrogens with one attached hydrogen (secondary N) is 1. The van der Waals surface area contributed by atoms with Crippen LogP contribution in [0.1, 0.15) is 21.5 Å². The van der Waals surface area contributed by atoms with Gasteiger partial charge in [-0.1, -0.05) is 35.9 Å². The molecule has 0 spiro atoms. The minimum Gasteiger partial charge on any atom is -0.267 e. The second kappa shape index (κ2) is 8.22. The second-order valence-corrected chi connectivity index (χ2v) is 6.19. The number of halogens is 4. The summed E-state index contributed by atoms with van der Waals surface area (Å²) in [6.07, 6.45) is -2.16. The van der Waals surface area contributed by atoms with Crippen LogP contribution in [0.15, 0.2) is 72.0 Å². The number of hydrogen-bond acceptors (Lipinski definition) is 3. The first-order chi connectivity index (χ1) is 13.3. The number of aromatic nitrogens is 1. The highest BCUT2D eigenvalue weighted by atomic mass is 35.5. The van der Waals surface area contributed by atoms with Crippen LogP contribution in [0.4, 0.5) is 13.2 Å².